The molecule has 1 rings (SSSR count). The van der Waals surface area contributed by atoms with Crippen LogP contribution in [0.4, 0.5) is 0 Å². The molecule has 1 aliphatic rings. The van der Waals surface area contributed by atoms with Gasteiger partial charge in [-0.15, -0.1) is 0 Å². The minimum absolute atomic E-state index is 0.541. The topological polar surface area (TPSA) is 3.24 Å². The first-order chi connectivity index (χ1) is 6.10. The molecule has 2 atom stereocenters. The lowest BCUT2D eigenvalue weighted by atomic mass is 9.92. The van der Waals surface area contributed by atoms with Gasteiger partial charge in [0.25, 0.3) is 0 Å². The standard InChI is InChI=1S/C10H21N.C2H6/c1-5-10(11(3)4)7-6-9(2)8-10;1-2/h9H,5-8H2,1-4H3;1-2H3/t9-,10-;/m1./s1. The lowest BCUT2D eigenvalue weighted by Crippen LogP contribution is -2.41. The minimum Gasteiger partial charge on any atom is -0.304 e. The molecule has 80 valence electrons. The fourth-order valence-electron chi connectivity index (χ4n) is 2.41. The van der Waals surface area contributed by atoms with Crippen molar-refractivity contribution in [3.63, 3.8) is 0 Å². The zero-order valence-electron chi connectivity index (χ0n) is 10.4. The normalized spacial score (nSPS) is 33.0. The molecule has 1 saturated carbocycles. The SMILES string of the molecule is CC.CC[C@@]1(N(C)C)CC[C@@H](C)C1. The second-order valence-electron chi connectivity index (χ2n) is 4.32. The van der Waals surface area contributed by atoms with Gasteiger partial charge in [-0.05, 0) is 45.7 Å². The zero-order chi connectivity index (χ0) is 10.5. The van der Waals surface area contributed by atoms with Crippen LogP contribution < -0.4 is 0 Å². The summed E-state index contributed by atoms with van der Waals surface area (Å²) in [7, 11) is 4.45. The van der Waals surface area contributed by atoms with Gasteiger partial charge in [0.2, 0.25) is 0 Å². The Balaban J connectivity index is 0.000000671. The average molecular weight is 185 g/mol. The number of rotatable bonds is 2. The smallest absolute Gasteiger partial charge is 0.0203 e. The van der Waals surface area contributed by atoms with Crippen LogP contribution in [0.15, 0.2) is 0 Å². The third kappa shape index (κ3) is 2.98. The number of nitrogens with zero attached hydrogens (tertiary/aromatic N) is 1. The van der Waals surface area contributed by atoms with Crippen LogP contribution in [0, 0.1) is 5.92 Å². The third-order valence-corrected chi connectivity index (χ3v) is 3.44. The van der Waals surface area contributed by atoms with Crippen molar-refractivity contribution in [2.45, 2.75) is 58.9 Å². The lowest BCUT2D eigenvalue weighted by Gasteiger charge is -2.35. The van der Waals surface area contributed by atoms with E-state index in [1.807, 2.05) is 13.8 Å². The van der Waals surface area contributed by atoms with Crippen LogP contribution in [0.25, 0.3) is 0 Å². The van der Waals surface area contributed by atoms with E-state index in [9.17, 15) is 0 Å². The maximum atomic E-state index is 2.43. The van der Waals surface area contributed by atoms with E-state index in [1.54, 1.807) is 0 Å². The van der Waals surface area contributed by atoms with E-state index < -0.39 is 0 Å². The Morgan fingerprint density at radius 2 is 1.85 bits per heavy atom. The Hall–Kier alpha value is -0.0400. The van der Waals surface area contributed by atoms with E-state index in [0.717, 1.165) is 5.92 Å². The van der Waals surface area contributed by atoms with Gasteiger partial charge >= 0.3 is 0 Å². The van der Waals surface area contributed by atoms with Gasteiger partial charge in [-0.25, -0.2) is 0 Å². The first-order valence-electron chi connectivity index (χ1n) is 5.78. The molecular weight excluding hydrogens is 158 g/mol. The van der Waals surface area contributed by atoms with Crippen molar-refractivity contribution in [3.05, 3.63) is 0 Å². The highest BCUT2D eigenvalue weighted by molar-refractivity contribution is 4.93. The van der Waals surface area contributed by atoms with Gasteiger partial charge in [0.15, 0.2) is 0 Å². The molecule has 0 aromatic rings. The van der Waals surface area contributed by atoms with Crippen molar-refractivity contribution in [3.8, 4) is 0 Å². The summed E-state index contributed by atoms with van der Waals surface area (Å²) < 4.78 is 0. The van der Waals surface area contributed by atoms with Gasteiger partial charge < -0.3 is 4.90 Å². The minimum atomic E-state index is 0.541. The average Bonchev–Trinajstić information content (AvgIpc) is 2.52. The van der Waals surface area contributed by atoms with Crippen LogP contribution in [0.5, 0.6) is 0 Å². The molecule has 0 aromatic carbocycles. The van der Waals surface area contributed by atoms with E-state index in [0.29, 0.717) is 5.54 Å². The van der Waals surface area contributed by atoms with Gasteiger partial charge in [0.1, 0.15) is 0 Å². The Kier molecular flexibility index (Phi) is 5.62. The van der Waals surface area contributed by atoms with Crippen molar-refractivity contribution in [1.29, 1.82) is 0 Å². The van der Waals surface area contributed by atoms with Gasteiger partial charge in [-0.2, -0.15) is 0 Å². The molecule has 0 bridgehead atoms. The van der Waals surface area contributed by atoms with Crippen molar-refractivity contribution in [2.75, 3.05) is 14.1 Å². The van der Waals surface area contributed by atoms with E-state index >= 15 is 0 Å². The highest BCUT2D eigenvalue weighted by Crippen LogP contribution is 2.39. The van der Waals surface area contributed by atoms with Crippen molar-refractivity contribution in [2.24, 2.45) is 5.92 Å². The molecular formula is C12H27N. The summed E-state index contributed by atoms with van der Waals surface area (Å²) in [4.78, 5) is 2.43. The van der Waals surface area contributed by atoms with Crippen LogP contribution in [0.2, 0.25) is 0 Å². The van der Waals surface area contributed by atoms with Gasteiger partial charge in [0.05, 0.1) is 0 Å². The zero-order valence-corrected chi connectivity index (χ0v) is 10.4. The first kappa shape index (κ1) is 13.0. The fraction of sp³-hybridized carbons (Fsp3) is 1.00. The Morgan fingerprint density at radius 1 is 1.31 bits per heavy atom. The third-order valence-electron chi connectivity index (χ3n) is 3.44. The van der Waals surface area contributed by atoms with Gasteiger partial charge in [-0.1, -0.05) is 27.7 Å². The summed E-state index contributed by atoms with van der Waals surface area (Å²) in [6.45, 7) is 8.69. The van der Waals surface area contributed by atoms with Crippen LogP contribution in [-0.2, 0) is 0 Å². The summed E-state index contributed by atoms with van der Waals surface area (Å²) in [5.41, 5.74) is 0.541. The molecule has 0 amide bonds. The molecule has 0 radical (unpaired) electrons. The Morgan fingerprint density at radius 3 is 2.00 bits per heavy atom. The summed E-state index contributed by atoms with van der Waals surface area (Å²) in [5, 5.41) is 0. The predicted molar refractivity (Wildman–Crippen MR) is 61.1 cm³/mol. The highest BCUT2D eigenvalue weighted by Gasteiger charge is 2.37. The fourth-order valence-corrected chi connectivity index (χ4v) is 2.41. The predicted octanol–water partition coefficient (Wildman–Crippen LogP) is 3.54. The second-order valence-corrected chi connectivity index (χ2v) is 4.32. The van der Waals surface area contributed by atoms with Crippen molar-refractivity contribution < 1.29 is 0 Å². The molecule has 1 heteroatoms. The molecule has 0 saturated heterocycles. The molecule has 1 aliphatic carbocycles. The van der Waals surface area contributed by atoms with E-state index in [4.69, 9.17) is 0 Å². The largest absolute Gasteiger partial charge is 0.304 e. The maximum absolute atomic E-state index is 2.43. The van der Waals surface area contributed by atoms with E-state index in [-0.39, 0.29) is 0 Å². The summed E-state index contributed by atoms with van der Waals surface area (Å²) in [6, 6.07) is 0. The molecule has 0 spiro atoms. The number of hydrogen-bond donors (Lipinski definition) is 0. The molecule has 0 unspecified atom stereocenters. The van der Waals surface area contributed by atoms with Crippen molar-refractivity contribution >= 4 is 0 Å². The van der Waals surface area contributed by atoms with E-state index in [2.05, 4.69) is 32.8 Å². The van der Waals surface area contributed by atoms with Crippen LogP contribution >= 0.6 is 0 Å². The summed E-state index contributed by atoms with van der Waals surface area (Å²) in [6.07, 6.45) is 5.53. The van der Waals surface area contributed by atoms with E-state index in [1.165, 1.54) is 25.7 Å². The summed E-state index contributed by atoms with van der Waals surface area (Å²) in [5.74, 6) is 0.942. The molecule has 13 heavy (non-hydrogen) atoms. The molecule has 1 nitrogen and oxygen atoms in total. The van der Waals surface area contributed by atoms with Crippen molar-refractivity contribution in [1.82, 2.24) is 4.90 Å². The summed E-state index contributed by atoms with van der Waals surface area (Å²) >= 11 is 0. The van der Waals surface area contributed by atoms with Crippen LogP contribution in [0.3, 0.4) is 0 Å². The molecule has 0 aromatic heterocycles. The molecule has 0 aliphatic heterocycles. The monoisotopic (exact) mass is 185 g/mol. The van der Waals surface area contributed by atoms with Crippen LogP contribution in [0.1, 0.15) is 53.4 Å². The molecule has 0 N–H and O–H groups in total. The first-order valence-corrected chi connectivity index (χ1v) is 5.78. The molecule has 0 heterocycles. The number of hydrogen-bond acceptors (Lipinski definition) is 1. The van der Waals surface area contributed by atoms with Gasteiger partial charge in [0, 0.05) is 5.54 Å². The van der Waals surface area contributed by atoms with Crippen LogP contribution in [-0.4, -0.2) is 24.5 Å². The maximum Gasteiger partial charge on any atom is 0.0203 e. The Bertz CT molecular complexity index is 131. The quantitative estimate of drug-likeness (QED) is 0.636. The second kappa shape index (κ2) is 5.64. The van der Waals surface area contributed by atoms with Gasteiger partial charge in [-0.3, -0.25) is 0 Å². The lowest BCUT2D eigenvalue weighted by molar-refractivity contribution is 0.147. The Labute approximate surface area is 84.5 Å². The highest BCUT2D eigenvalue weighted by atomic mass is 15.1. The molecule has 1 fully saturated rings.